The minimum absolute atomic E-state index is 0. The summed E-state index contributed by atoms with van der Waals surface area (Å²) in [4.78, 5) is 0. The number of unbranched alkanes of at least 4 members (excludes halogenated alkanes) is 4. The number of rotatable bonds is 16. The van der Waals surface area contributed by atoms with Crippen molar-refractivity contribution in [3.63, 3.8) is 0 Å². The zero-order valence-corrected chi connectivity index (χ0v) is 15.2. The molecule has 0 aliphatic heterocycles. The van der Waals surface area contributed by atoms with Gasteiger partial charge in [-0.1, -0.05) is 26.7 Å². The molecule has 3 nitrogen and oxygen atoms in total. The summed E-state index contributed by atoms with van der Waals surface area (Å²) < 4.78 is 16.6. The van der Waals surface area contributed by atoms with Crippen LogP contribution in [0.3, 0.4) is 0 Å². The molecule has 0 aromatic carbocycles. The van der Waals surface area contributed by atoms with E-state index < -0.39 is 0 Å². The highest BCUT2D eigenvalue weighted by atomic mass is 31.0. The van der Waals surface area contributed by atoms with Crippen LogP contribution in [0.25, 0.3) is 0 Å². The highest BCUT2D eigenvalue weighted by Crippen LogP contribution is 1.97. The Morgan fingerprint density at radius 1 is 0.450 bits per heavy atom. The molecule has 0 bridgehead atoms. The Labute approximate surface area is 129 Å². The van der Waals surface area contributed by atoms with E-state index in [4.69, 9.17) is 14.2 Å². The molecule has 0 aromatic heterocycles. The van der Waals surface area contributed by atoms with Crippen molar-refractivity contribution in [1.29, 1.82) is 0 Å². The lowest BCUT2D eigenvalue weighted by molar-refractivity contribution is 0.0895. The average molecular weight is 308 g/mol. The molecular weight excluding hydrogens is 271 g/mol. The maximum atomic E-state index is 5.58. The van der Waals surface area contributed by atoms with Gasteiger partial charge in [0.25, 0.3) is 0 Å². The predicted molar refractivity (Wildman–Crippen MR) is 91.8 cm³/mol. The van der Waals surface area contributed by atoms with Crippen molar-refractivity contribution in [3.05, 3.63) is 0 Å². The van der Waals surface area contributed by atoms with Gasteiger partial charge in [0, 0.05) is 39.6 Å². The molecule has 124 valence electrons. The standard InChI is InChI=1S/C16H34O3.H3P/c1-3-5-11-17-13-7-9-15-19-16-10-8-14-18-12-6-4-2;/h3-16H2,1-2H3;1H3. The first kappa shape index (κ1) is 22.6. The molecule has 0 heterocycles. The quantitative estimate of drug-likeness (QED) is 0.315. The average Bonchev–Trinajstić information content (AvgIpc) is 2.43. The summed E-state index contributed by atoms with van der Waals surface area (Å²) in [5.74, 6) is 0. The molecule has 0 fully saturated rings. The molecule has 0 aromatic rings. The van der Waals surface area contributed by atoms with Crippen molar-refractivity contribution in [2.24, 2.45) is 0 Å². The molecule has 0 radical (unpaired) electrons. The Morgan fingerprint density at radius 3 is 0.950 bits per heavy atom. The van der Waals surface area contributed by atoms with Crippen molar-refractivity contribution in [2.45, 2.75) is 65.2 Å². The lowest BCUT2D eigenvalue weighted by atomic mass is 10.3. The molecule has 1 unspecified atom stereocenters. The van der Waals surface area contributed by atoms with Gasteiger partial charge in [0.15, 0.2) is 0 Å². The molecule has 20 heavy (non-hydrogen) atoms. The molecular formula is C16H37O3P. The van der Waals surface area contributed by atoms with Crippen molar-refractivity contribution >= 4 is 9.90 Å². The molecule has 0 saturated heterocycles. The van der Waals surface area contributed by atoms with Gasteiger partial charge < -0.3 is 14.2 Å². The Balaban J connectivity index is 0. The SMILES string of the molecule is CCCCOCCCCOCCCCOCCCC.P. The second-order valence-electron chi connectivity index (χ2n) is 4.96. The second-order valence-corrected chi connectivity index (χ2v) is 4.96. The lowest BCUT2D eigenvalue weighted by Gasteiger charge is -2.06. The summed E-state index contributed by atoms with van der Waals surface area (Å²) in [6, 6.07) is 0. The minimum Gasteiger partial charge on any atom is -0.381 e. The summed E-state index contributed by atoms with van der Waals surface area (Å²) in [5, 5.41) is 0. The molecule has 0 aliphatic carbocycles. The molecule has 0 amide bonds. The van der Waals surface area contributed by atoms with E-state index in [-0.39, 0.29) is 9.90 Å². The fourth-order valence-electron chi connectivity index (χ4n) is 1.62. The Hall–Kier alpha value is 0.310. The topological polar surface area (TPSA) is 27.7 Å². The third kappa shape index (κ3) is 20.6. The van der Waals surface area contributed by atoms with Crippen molar-refractivity contribution in [2.75, 3.05) is 39.6 Å². The van der Waals surface area contributed by atoms with Crippen molar-refractivity contribution < 1.29 is 14.2 Å². The summed E-state index contributed by atoms with van der Waals surface area (Å²) in [5.41, 5.74) is 0. The number of hydrogen-bond donors (Lipinski definition) is 0. The first-order valence-electron chi connectivity index (χ1n) is 8.15. The first-order chi connectivity index (χ1) is 9.41. The highest BCUT2D eigenvalue weighted by molar-refractivity contribution is 6.92. The van der Waals surface area contributed by atoms with Gasteiger partial charge in [-0.2, -0.15) is 9.90 Å². The lowest BCUT2D eigenvalue weighted by Crippen LogP contribution is -2.02. The van der Waals surface area contributed by atoms with E-state index in [1.807, 2.05) is 0 Å². The van der Waals surface area contributed by atoms with Crippen molar-refractivity contribution in [3.8, 4) is 0 Å². The van der Waals surface area contributed by atoms with Crippen LogP contribution in [0.1, 0.15) is 65.2 Å². The van der Waals surface area contributed by atoms with E-state index in [9.17, 15) is 0 Å². The fraction of sp³-hybridized carbons (Fsp3) is 1.00. The third-order valence-corrected chi connectivity index (χ3v) is 2.94. The molecule has 0 N–H and O–H groups in total. The summed E-state index contributed by atoms with van der Waals surface area (Å²) in [6.45, 7) is 9.70. The van der Waals surface area contributed by atoms with Crippen LogP contribution in [0, 0.1) is 0 Å². The summed E-state index contributed by atoms with van der Waals surface area (Å²) in [6.07, 6.45) is 9.23. The van der Waals surface area contributed by atoms with Gasteiger partial charge in [-0.3, -0.25) is 0 Å². The zero-order valence-electron chi connectivity index (χ0n) is 13.8. The first-order valence-corrected chi connectivity index (χ1v) is 8.15. The fourth-order valence-corrected chi connectivity index (χ4v) is 1.62. The van der Waals surface area contributed by atoms with Gasteiger partial charge in [0.05, 0.1) is 0 Å². The zero-order chi connectivity index (χ0) is 14.0. The van der Waals surface area contributed by atoms with Crippen LogP contribution in [-0.4, -0.2) is 39.6 Å². The Bertz CT molecular complexity index is 141. The van der Waals surface area contributed by atoms with Gasteiger partial charge in [-0.15, -0.1) is 0 Å². The molecule has 0 aliphatic rings. The van der Waals surface area contributed by atoms with Gasteiger partial charge in [-0.05, 0) is 38.5 Å². The maximum absolute atomic E-state index is 5.58. The van der Waals surface area contributed by atoms with Crippen LogP contribution >= 0.6 is 9.90 Å². The Kier molecular flexibility index (Phi) is 24.4. The van der Waals surface area contributed by atoms with Gasteiger partial charge in [-0.25, -0.2) is 0 Å². The predicted octanol–water partition coefficient (Wildman–Crippen LogP) is 4.25. The molecule has 0 spiro atoms. The molecule has 0 rings (SSSR count). The maximum Gasteiger partial charge on any atom is 0.0466 e. The van der Waals surface area contributed by atoms with E-state index in [0.717, 1.165) is 65.3 Å². The normalized spacial score (nSPS) is 10.5. The van der Waals surface area contributed by atoms with Gasteiger partial charge in [0.1, 0.15) is 0 Å². The van der Waals surface area contributed by atoms with Crippen molar-refractivity contribution in [1.82, 2.24) is 0 Å². The number of hydrogen-bond acceptors (Lipinski definition) is 3. The smallest absolute Gasteiger partial charge is 0.0466 e. The van der Waals surface area contributed by atoms with E-state index in [1.165, 1.54) is 25.7 Å². The Morgan fingerprint density at radius 2 is 0.700 bits per heavy atom. The summed E-state index contributed by atoms with van der Waals surface area (Å²) in [7, 11) is 0. The summed E-state index contributed by atoms with van der Waals surface area (Å²) >= 11 is 0. The van der Waals surface area contributed by atoms with Gasteiger partial charge in [0.2, 0.25) is 0 Å². The van der Waals surface area contributed by atoms with Crippen LogP contribution < -0.4 is 0 Å². The highest BCUT2D eigenvalue weighted by Gasteiger charge is 1.93. The number of ether oxygens (including phenoxy) is 3. The molecule has 0 saturated carbocycles. The third-order valence-electron chi connectivity index (χ3n) is 2.94. The van der Waals surface area contributed by atoms with E-state index in [1.54, 1.807) is 0 Å². The van der Waals surface area contributed by atoms with Crippen LogP contribution in [0.5, 0.6) is 0 Å². The molecule has 1 atom stereocenters. The van der Waals surface area contributed by atoms with E-state index in [0.29, 0.717) is 0 Å². The second kappa shape index (κ2) is 21.6. The molecule has 4 heteroatoms. The monoisotopic (exact) mass is 308 g/mol. The van der Waals surface area contributed by atoms with Crippen LogP contribution in [-0.2, 0) is 14.2 Å². The van der Waals surface area contributed by atoms with E-state index in [2.05, 4.69) is 13.8 Å². The van der Waals surface area contributed by atoms with Crippen LogP contribution in [0.2, 0.25) is 0 Å². The van der Waals surface area contributed by atoms with Crippen LogP contribution in [0.15, 0.2) is 0 Å². The van der Waals surface area contributed by atoms with E-state index >= 15 is 0 Å². The largest absolute Gasteiger partial charge is 0.381 e. The van der Waals surface area contributed by atoms with Gasteiger partial charge >= 0.3 is 0 Å². The minimum atomic E-state index is 0. The van der Waals surface area contributed by atoms with Crippen LogP contribution in [0.4, 0.5) is 0 Å².